The number of halogens is 4. The first kappa shape index (κ1) is 25.4. The third-order valence-corrected chi connectivity index (χ3v) is 9.21. The van der Waals surface area contributed by atoms with Gasteiger partial charge in [0.2, 0.25) is 0 Å². The van der Waals surface area contributed by atoms with Crippen molar-refractivity contribution in [3.63, 3.8) is 0 Å². The fourth-order valence-electron chi connectivity index (χ4n) is 7.05. The molecule has 2 aliphatic heterocycles. The summed E-state index contributed by atoms with van der Waals surface area (Å²) >= 11 is 7.15. The molecule has 9 heteroatoms. The largest absolute Gasteiger partial charge is 0.417 e. The number of aromatic nitrogens is 4. The Labute approximate surface area is 235 Å². The Morgan fingerprint density at radius 1 is 1.18 bits per heavy atom. The van der Waals surface area contributed by atoms with E-state index in [2.05, 4.69) is 63.7 Å². The number of aromatic amines is 1. The highest BCUT2D eigenvalue weighted by Gasteiger charge is 2.51. The van der Waals surface area contributed by atoms with Gasteiger partial charge in [-0.1, -0.05) is 31.2 Å². The van der Waals surface area contributed by atoms with Gasteiger partial charge in [-0.25, -0.2) is 9.67 Å². The number of alkyl halides is 4. The molecule has 206 valence electrons. The molecule has 0 bridgehead atoms. The van der Waals surface area contributed by atoms with Crippen LogP contribution in [0.1, 0.15) is 71.2 Å². The van der Waals surface area contributed by atoms with Crippen LogP contribution in [-0.2, 0) is 35.9 Å². The number of anilines is 1. The normalized spacial score (nSPS) is 23.1. The van der Waals surface area contributed by atoms with Gasteiger partial charge in [-0.2, -0.15) is 18.3 Å². The number of hydrogen-bond acceptors (Lipinski definition) is 3. The molecule has 40 heavy (non-hydrogen) atoms. The SMILES string of the molecule is CCc1cccc2c1-n1nc3c(c1C1(C)C2=CC(C)(Cl)c2[nH]ccc21)CN(c1ncc(C(F)(F)F)cc1C)CC3. The van der Waals surface area contributed by atoms with Crippen LogP contribution >= 0.6 is 11.6 Å². The quantitative estimate of drug-likeness (QED) is 0.262. The van der Waals surface area contributed by atoms with Gasteiger partial charge in [-0.15, -0.1) is 11.6 Å². The summed E-state index contributed by atoms with van der Waals surface area (Å²) in [7, 11) is 0. The highest BCUT2D eigenvalue weighted by molar-refractivity contribution is 6.26. The second-order valence-electron chi connectivity index (χ2n) is 11.4. The van der Waals surface area contributed by atoms with Crippen molar-refractivity contribution in [1.82, 2.24) is 19.7 Å². The molecule has 4 aromatic rings. The maximum absolute atomic E-state index is 13.3. The Morgan fingerprint density at radius 2 is 1.98 bits per heavy atom. The van der Waals surface area contributed by atoms with Crippen molar-refractivity contribution in [2.45, 2.75) is 63.5 Å². The molecular formula is C31H29ClF3N5. The zero-order chi connectivity index (χ0) is 28.2. The first-order valence-corrected chi connectivity index (χ1v) is 14.0. The fraction of sp³-hybridized carbons (Fsp3) is 0.355. The van der Waals surface area contributed by atoms with Crippen molar-refractivity contribution in [3.05, 3.63) is 99.3 Å². The van der Waals surface area contributed by atoms with Gasteiger partial charge in [0.1, 0.15) is 10.7 Å². The molecule has 2 unspecified atom stereocenters. The second-order valence-corrected chi connectivity index (χ2v) is 12.2. The average molecular weight is 564 g/mol. The van der Waals surface area contributed by atoms with E-state index in [9.17, 15) is 13.2 Å². The Hall–Kier alpha value is -3.52. The number of benzene rings is 1. The number of H-pyrrole nitrogens is 1. The number of nitrogens with one attached hydrogen (secondary N) is 1. The Bertz CT molecular complexity index is 1730. The van der Waals surface area contributed by atoms with Gasteiger partial charge in [0, 0.05) is 48.7 Å². The summed E-state index contributed by atoms with van der Waals surface area (Å²) in [4.78, 5) is 9.07. The number of nitrogens with zero attached hydrogens (tertiary/aromatic N) is 4. The highest BCUT2D eigenvalue weighted by atomic mass is 35.5. The number of rotatable bonds is 2. The number of para-hydroxylation sites is 1. The minimum Gasteiger partial charge on any atom is -0.363 e. The van der Waals surface area contributed by atoms with E-state index >= 15 is 0 Å². The van der Waals surface area contributed by atoms with Crippen LogP contribution in [0.15, 0.2) is 48.8 Å². The van der Waals surface area contributed by atoms with Crippen molar-refractivity contribution in [3.8, 4) is 5.69 Å². The molecule has 0 saturated heterocycles. The van der Waals surface area contributed by atoms with Crippen molar-refractivity contribution < 1.29 is 13.2 Å². The first-order valence-electron chi connectivity index (χ1n) is 13.6. The summed E-state index contributed by atoms with van der Waals surface area (Å²) in [5, 5.41) is 5.22. The average Bonchev–Trinajstić information content (AvgIpc) is 3.56. The van der Waals surface area contributed by atoms with Crippen LogP contribution in [0.2, 0.25) is 0 Å². The van der Waals surface area contributed by atoms with E-state index in [-0.39, 0.29) is 0 Å². The summed E-state index contributed by atoms with van der Waals surface area (Å²) in [5.74, 6) is 0.573. The van der Waals surface area contributed by atoms with Crippen molar-refractivity contribution in [1.29, 1.82) is 0 Å². The zero-order valence-corrected chi connectivity index (χ0v) is 23.5. The molecule has 3 aliphatic rings. The van der Waals surface area contributed by atoms with E-state index in [0.717, 1.165) is 57.7 Å². The van der Waals surface area contributed by atoms with E-state index < -0.39 is 22.0 Å². The van der Waals surface area contributed by atoms with Gasteiger partial charge in [-0.3, -0.25) is 0 Å². The summed E-state index contributed by atoms with van der Waals surface area (Å²) in [6.07, 6.45) is 2.15. The van der Waals surface area contributed by atoms with Crippen LogP contribution in [-0.4, -0.2) is 26.3 Å². The topological polar surface area (TPSA) is 49.7 Å². The van der Waals surface area contributed by atoms with Crippen LogP contribution in [0.3, 0.4) is 0 Å². The van der Waals surface area contributed by atoms with Gasteiger partial charge in [0.25, 0.3) is 0 Å². The molecule has 1 aromatic carbocycles. The number of fused-ring (bicyclic) bond motifs is 10. The number of pyridine rings is 1. The second kappa shape index (κ2) is 8.26. The molecule has 0 amide bonds. The third kappa shape index (κ3) is 3.35. The first-order chi connectivity index (χ1) is 18.9. The van der Waals surface area contributed by atoms with Crippen molar-refractivity contribution in [2.75, 3.05) is 11.4 Å². The van der Waals surface area contributed by atoms with Gasteiger partial charge in [-0.05, 0) is 61.6 Å². The molecule has 0 radical (unpaired) electrons. The molecule has 5 heterocycles. The monoisotopic (exact) mass is 563 g/mol. The summed E-state index contributed by atoms with van der Waals surface area (Å²) < 4.78 is 42.1. The van der Waals surface area contributed by atoms with Gasteiger partial charge >= 0.3 is 6.18 Å². The van der Waals surface area contributed by atoms with E-state index in [0.29, 0.717) is 30.9 Å². The third-order valence-electron chi connectivity index (χ3n) is 8.92. The van der Waals surface area contributed by atoms with Crippen LogP contribution in [0.4, 0.5) is 19.0 Å². The molecule has 7 rings (SSSR count). The van der Waals surface area contributed by atoms with Gasteiger partial charge in [0.05, 0.1) is 28.1 Å². The van der Waals surface area contributed by atoms with E-state index in [1.807, 2.05) is 13.1 Å². The molecule has 3 aromatic heterocycles. The molecule has 1 N–H and O–H groups in total. The van der Waals surface area contributed by atoms with E-state index in [1.54, 1.807) is 6.92 Å². The lowest BCUT2D eigenvalue weighted by Gasteiger charge is -2.45. The van der Waals surface area contributed by atoms with Gasteiger partial charge in [0.15, 0.2) is 0 Å². The minimum absolute atomic E-state index is 0.508. The van der Waals surface area contributed by atoms with E-state index in [1.165, 1.54) is 11.6 Å². The highest BCUT2D eigenvalue weighted by Crippen LogP contribution is 2.58. The Kier molecular flexibility index (Phi) is 5.25. The predicted molar refractivity (Wildman–Crippen MR) is 150 cm³/mol. The van der Waals surface area contributed by atoms with Crippen molar-refractivity contribution in [2.24, 2.45) is 0 Å². The van der Waals surface area contributed by atoms with Crippen LogP contribution in [0, 0.1) is 6.92 Å². The maximum Gasteiger partial charge on any atom is 0.417 e. The smallest absolute Gasteiger partial charge is 0.363 e. The number of hydrogen-bond donors (Lipinski definition) is 1. The molecule has 1 aliphatic carbocycles. The van der Waals surface area contributed by atoms with E-state index in [4.69, 9.17) is 16.7 Å². The predicted octanol–water partition coefficient (Wildman–Crippen LogP) is 7.22. The minimum atomic E-state index is -4.43. The molecule has 2 atom stereocenters. The van der Waals surface area contributed by atoms with Crippen LogP contribution in [0.5, 0.6) is 0 Å². The number of aryl methyl sites for hydroxylation is 2. The fourth-order valence-corrected chi connectivity index (χ4v) is 7.32. The lowest BCUT2D eigenvalue weighted by Crippen LogP contribution is -2.41. The molecule has 5 nitrogen and oxygen atoms in total. The lowest BCUT2D eigenvalue weighted by molar-refractivity contribution is -0.137. The molecular weight excluding hydrogens is 535 g/mol. The van der Waals surface area contributed by atoms with Gasteiger partial charge < -0.3 is 9.88 Å². The molecule has 0 spiro atoms. The lowest BCUT2D eigenvalue weighted by atomic mass is 9.63. The Morgan fingerprint density at radius 3 is 2.70 bits per heavy atom. The molecule has 0 fully saturated rings. The Balaban J connectivity index is 1.45. The number of allylic oxidation sites excluding steroid dienone is 2. The summed E-state index contributed by atoms with van der Waals surface area (Å²) in [6.45, 7) is 9.24. The summed E-state index contributed by atoms with van der Waals surface area (Å²) in [5.41, 5.74) is 9.09. The van der Waals surface area contributed by atoms with Crippen LogP contribution in [0.25, 0.3) is 11.3 Å². The van der Waals surface area contributed by atoms with Crippen LogP contribution < -0.4 is 4.90 Å². The summed E-state index contributed by atoms with van der Waals surface area (Å²) in [6, 6.07) is 9.72. The molecule has 0 saturated carbocycles. The van der Waals surface area contributed by atoms with Crippen molar-refractivity contribution >= 4 is 23.0 Å². The maximum atomic E-state index is 13.3. The zero-order valence-electron chi connectivity index (χ0n) is 22.7. The standard InChI is InChI=1S/C31H29ClF3N5/c1-5-18-7-6-8-20-23-14-29(3,32)26-22(9-11-36-26)30(23,4)27-21-16-39(12-10-24(21)38-40(27)25(18)20)28-17(2)13-19(15-37-28)31(33,34)35/h6-9,11,13-15,36H,5,10,12,16H2,1-4H3.